The smallest absolute Gasteiger partial charge is 0.137 e. The van der Waals surface area contributed by atoms with Crippen LogP contribution in [0.3, 0.4) is 0 Å². The zero-order chi connectivity index (χ0) is 16.8. The van der Waals surface area contributed by atoms with E-state index < -0.39 is 0 Å². The minimum absolute atomic E-state index is 0.385. The number of ether oxygens (including phenoxy) is 1. The third kappa shape index (κ3) is 2.67. The summed E-state index contributed by atoms with van der Waals surface area (Å²) in [7, 11) is 3.95. The Morgan fingerprint density at radius 1 is 1.12 bits per heavy atom. The lowest BCUT2D eigenvalue weighted by Gasteiger charge is -2.38. The second-order valence-electron chi connectivity index (χ2n) is 6.84. The molecular formula is C20H21BrClNO. The standard InChI is InChI=1S/C20H21BrClNO/c1-23-8-7-13-10-17(22)19(24-2)11-16(13)20-15-5-4-14(21)9-12(15)3-6-18(20)23/h4-5,9-11,18,20H,3,6-8H2,1-2H3/t18-,20+/m0/s1. The van der Waals surface area contributed by atoms with Crippen LogP contribution in [0.2, 0.25) is 5.02 Å². The quantitative estimate of drug-likeness (QED) is 0.657. The fourth-order valence-corrected chi connectivity index (χ4v) is 5.03. The molecule has 1 aliphatic carbocycles. The van der Waals surface area contributed by atoms with Crippen molar-refractivity contribution < 1.29 is 4.74 Å². The second kappa shape index (κ2) is 6.36. The van der Waals surface area contributed by atoms with Gasteiger partial charge in [-0.3, -0.25) is 0 Å². The van der Waals surface area contributed by atoms with E-state index in [0.717, 1.165) is 29.6 Å². The van der Waals surface area contributed by atoms with Crippen molar-refractivity contribution in [1.29, 1.82) is 0 Å². The fraction of sp³-hybridized carbons (Fsp3) is 0.400. The fourth-order valence-electron chi connectivity index (χ4n) is 4.36. The van der Waals surface area contributed by atoms with Crippen molar-refractivity contribution in [3.63, 3.8) is 0 Å². The number of hydrogen-bond donors (Lipinski definition) is 0. The molecule has 2 atom stereocenters. The van der Waals surface area contributed by atoms with Gasteiger partial charge < -0.3 is 9.64 Å². The summed E-state index contributed by atoms with van der Waals surface area (Å²) in [6.07, 6.45) is 3.36. The number of rotatable bonds is 1. The monoisotopic (exact) mass is 405 g/mol. The Morgan fingerprint density at radius 2 is 1.92 bits per heavy atom. The summed E-state index contributed by atoms with van der Waals surface area (Å²) in [5.74, 6) is 1.17. The van der Waals surface area contributed by atoms with E-state index in [-0.39, 0.29) is 0 Å². The molecular weight excluding hydrogens is 386 g/mol. The molecule has 1 aliphatic heterocycles. The summed E-state index contributed by atoms with van der Waals surface area (Å²) in [6, 6.07) is 11.6. The lowest BCUT2D eigenvalue weighted by atomic mass is 9.74. The normalized spacial score (nSPS) is 23.0. The van der Waals surface area contributed by atoms with Gasteiger partial charge in [-0.15, -0.1) is 0 Å². The summed E-state index contributed by atoms with van der Waals surface area (Å²) < 4.78 is 6.68. The van der Waals surface area contributed by atoms with E-state index >= 15 is 0 Å². The van der Waals surface area contributed by atoms with E-state index in [2.05, 4.69) is 58.2 Å². The van der Waals surface area contributed by atoms with Crippen LogP contribution in [0.5, 0.6) is 5.75 Å². The van der Waals surface area contributed by atoms with Crippen LogP contribution in [0.1, 0.15) is 34.6 Å². The first-order valence-electron chi connectivity index (χ1n) is 8.43. The van der Waals surface area contributed by atoms with E-state index in [0.29, 0.717) is 17.0 Å². The molecule has 0 fully saturated rings. The lowest BCUT2D eigenvalue weighted by molar-refractivity contribution is 0.214. The van der Waals surface area contributed by atoms with Crippen LogP contribution in [0.4, 0.5) is 0 Å². The number of halogens is 2. The first-order chi connectivity index (χ1) is 11.6. The van der Waals surface area contributed by atoms with Gasteiger partial charge >= 0.3 is 0 Å². The average Bonchev–Trinajstić information content (AvgIpc) is 2.71. The molecule has 0 N–H and O–H groups in total. The van der Waals surface area contributed by atoms with Crippen LogP contribution < -0.4 is 4.74 Å². The maximum Gasteiger partial charge on any atom is 0.137 e. The second-order valence-corrected chi connectivity index (χ2v) is 8.17. The first kappa shape index (κ1) is 16.4. The zero-order valence-electron chi connectivity index (χ0n) is 14.0. The molecule has 126 valence electrons. The third-order valence-electron chi connectivity index (χ3n) is 5.58. The van der Waals surface area contributed by atoms with Crippen molar-refractivity contribution in [3.8, 4) is 5.75 Å². The average molecular weight is 407 g/mol. The lowest BCUT2D eigenvalue weighted by Crippen LogP contribution is -2.39. The molecule has 4 rings (SSSR count). The van der Waals surface area contributed by atoms with Crippen molar-refractivity contribution in [1.82, 2.24) is 4.90 Å². The van der Waals surface area contributed by atoms with E-state index in [1.54, 1.807) is 7.11 Å². The van der Waals surface area contributed by atoms with Crippen molar-refractivity contribution in [3.05, 3.63) is 62.1 Å². The molecule has 2 nitrogen and oxygen atoms in total. The highest BCUT2D eigenvalue weighted by Crippen LogP contribution is 2.45. The van der Waals surface area contributed by atoms with Gasteiger partial charge in [-0.1, -0.05) is 33.6 Å². The van der Waals surface area contributed by atoms with Gasteiger partial charge in [0.05, 0.1) is 12.1 Å². The van der Waals surface area contributed by atoms with Gasteiger partial charge in [0.1, 0.15) is 5.75 Å². The van der Waals surface area contributed by atoms with Crippen LogP contribution in [0, 0.1) is 0 Å². The Labute approximate surface area is 156 Å². The van der Waals surface area contributed by atoms with Crippen LogP contribution in [-0.4, -0.2) is 31.6 Å². The summed E-state index contributed by atoms with van der Waals surface area (Å²) in [4.78, 5) is 2.52. The van der Waals surface area contributed by atoms with Crippen molar-refractivity contribution in [2.24, 2.45) is 0 Å². The van der Waals surface area contributed by atoms with E-state index in [1.165, 1.54) is 28.7 Å². The van der Waals surface area contributed by atoms with Crippen molar-refractivity contribution >= 4 is 27.5 Å². The highest BCUT2D eigenvalue weighted by molar-refractivity contribution is 9.10. The van der Waals surface area contributed by atoms with Gasteiger partial charge in [0.15, 0.2) is 0 Å². The largest absolute Gasteiger partial charge is 0.495 e. The minimum Gasteiger partial charge on any atom is -0.495 e. The molecule has 4 heteroatoms. The molecule has 0 bridgehead atoms. The van der Waals surface area contributed by atoms with Gasteiger partial charge in [0, 0.05) is 23.0 Å². The molecule has 1 heterocycles. The van der Waals surface area contributed by atoms with Crippen LogP contribution >= 0.6 is 27.5 Å². The molecule has 0 unspecified atom stereocenters. The number of hydrogen-bond acceptors (Lipinski definition) is 2. The molecule has 0 saturated carbocycles. The number of nitrogens with zero attached hydrogens (tertiary/aromatic N) is 1. The summed E-state index contributed by atoms with van der Waals surface area (Å²) >= 11 is 10.0. The Kier molecular flexibility index (Phi) is 4.36. The first-order valence-corrected chi connectivity index (χ1v) is 9.60. The van der Waals surface area contributed by atoms with Gasteiger partial charge in [-0.2, -0.15) is 0 Å². The van der Waals surface area contributed by atoms with Crippen molar-refractivity contribution in [2.45, 2.75) is 31.2 Å². The molecule has 2 aromatic carbocycles. The highest BCUT2D eigenvalue weighted by atomic mass is 79.9. The van der Waals surface area contributed by atoms with Crippen molar-refractivity contribution in [2.75, 3.05) is 20.7 Å². The minimum atomic E-state index is 0.385. The Balaban J connectivity index is 1.93. The Morgan fingerprint density at radius 3 is 2.71 bits per heavy atom. The number of likely N-dealkylation sites (N-methyl/N-ethyl adjacent to an activating group) is 1. The van der Waals surface area contributed by atoms with Gasteiger partial charge in [-0.05, 0) is 72.8 Å². The van der Waals surface area contributed by atoms with E-state index in [4.69, 9.17) is 16.3 Å². The summed E-state index contributed by atoms with van der Waals surface area (Å²) in [6.45, 7) is 1.07. The van der Waals surface area contributed by atoms with E-state index in [1.807, 2.05) is 0 Å². The molecule has 2 aromatic rings. The number of methoxy groups -OCH3 is 1. The summed E-state index contributed by atoms with van der Waals surface area (Å²) in [5.41, 5.74) is 5.65. The molecule has 0 saturated heterocycles. The van der Waals surface area contributed by atoms with Gasteiger partial charge in [0.25, 0.3) is 0 Å². The predicted molar refractivity (Wildman–Crippen MR) is 102 cm³/mol. The molecule has 24 heavy (non-hydrogen) atoms. The van der Waals surface area contributed by atoms with E-state index in [9.17, 15) is 0 Å². The maximum atomic E-state index is 6.40. The highest BCUT2D eigenvalue weighted by Gasteiger charge is 2.36. The Bertz CT molecular complexity index is 791. The third-order valence-corrected chi connectivity index (χ3v) is 6.37. The number of fused-ring (bicyclic) bond motifs is 5. The van der Waals surface area contributed by atoms with Gasteiger partial charge in [-0.25, -0.2) is 0 Å². The molecule has 0 radical (unpaired) electrons. The zero-order valence-corrected chi connectivity index (χ0v) is 16.3. The molecule has 0 spiro atoms. The number of aryl methyl sites for hydroxylation is 1. The molecule has 2 aliphatic rings. The Hall–Kier alpha value is -1.03. The number of benzene rings is 2. The molecule has 0 aromatic heterocycles. The van der Waals surface area contributed by atoms with Crippen LogP contribution in [0.25, 0.3) is 0 Å². The summed E-state index contributed by atoms with van der Waals surface area (Å²) in [5, 5.41) is 0.712. The van der Waals surface area contributed by atoms with Crippen LogP contribution in [-0.2, 0) is 12.8 Å². The van der Waals surface area contributed by atoms with Gasteiger partial charge in [0.2, 0.25) is 0 Å². The topological polar surface area (TPSA) is 12.5 Å². The van der Waals surface area contributed by atoms with Crippen LogP contribution in [0.15, 0.2) is 34.8 Å². The SMILES string of the molecule is COc1cc2c(cc1Cl)CCN(C)[C@H]1CCc3cc(Br)ccc3[C@H]21. The predicted octanol–water partition coefficient (Wildman–Crippen LogP) is 5.05. The molecule has 0 amide bonds. The maximum absolute atomic E-state index is 6.40.